The maximum atomic E-state index is 12.3. The van der Waals surface area contributed by atoms with E-state index in [1.54, 1.807) is 0 Å². The van der Waals surface area contributed by atoms with Crippen molar-refractivity contribution < 1.29 is 13.2 Å². The van der Waals surface area contributed by atoms with Crippen LogP contribution in [0.2, 0.25) is 0 Å². The molecule has 0 unspecified atom stereocenters. The zero-order chi connectivity index (χ0) is 15.2. The van der Waals surface area contributed by atoms with E-state index >= 15 is 0 Å². The first-order chi connectivity index (χ1) is 9.04. The van der Waals surface area contributed by atoms with Crippen molar-refractivity contribution in [2.24, 2.45) is 16.7 Å². The highest BCUT2D eigenvalue weighted by Crippen LogP contribution is 2.67. The molecule has 0 aromatic carbocycles. The van der Waals surface area contributed by atoms with Gasteiger partial charge >= 0.3 is 6.18 Å². The molecule has 2 rings (SSSR count). The van der Waals surface area contributed by atoms with Gasteiger partial charge in [0.25, 0.3) is 0 Å². The fourth-order valence-electron chi connectivity index (χ4n) is 3.68. The number of alkyl halides is 3. The number of likely N-dealkylation sites (tertiary alicyclic amines) is 1. The lowest BCUT2D eigenvalue weighted by Crippen LogP contribution is -2.46. The SMILES string of the molecule is CC1(C)C(CNC2CCN(CC(F)(F)F)CC2)C1(C)C. The molecule has 0 amide bonds. The molecule has 2 nitrogen and oxygen atoms in total. The number of nitrogens with one attached hydrogen (secondary N) is 1. The molecule has 0 aromatic rings. The molecule has 1 saturated carbocycles. The van der Waals surface area contributed by atoms with Gasteiger partial charge in [0, 0.05) is 6.04 Å². The van der Waals surface area contributed by atoms with Gasteiger partial charge in [-0.2, -0.15) is 13.2 Å². The minimum Gasteiger partial charge on any atom is -0.314 e. The first kappa shape index (κ1) is 16.1. The monoisotopic (exact) mass is 292 g/mol. The Labute approximate surface area is 120 Å². The maximum absolute atomic E-state index is 12.3. The van der Waals surface area contributed by atoms with E-state index in [1.807, 2.05) is 0 Å². The molecule has 1 aliphatic heterocycles. The maximum Gasteiger partial charge on any atom is 0.401 e. The van der Waals surface area contributed by atoms with Crippen LogP contribution in [0.4, 0.5) is 13.2 Å². The number of hydrogen-bond donors (Lipinski definition) is 1. The Hall–Kier alpha value is -0.290. The first-order valence-electron chi connectivity index (χ1n) is 7.56. The van der Waals surface area contributed by atoms with Crippen molar-refractivity contribution in [2.45, 2.75) is 52.8 Å². The lowest BCUT2D eigenvalue weighted by atomic mass is 10.0. The van der Waals surface area contributed by atoms with Gasteiger partial charge in [-0.25, -0.2) is 0 Å². The molecule has 1 aliphatic carbocycles. The van der Waals surface area contributed by atoms with Crippen LogP contribution in [0, 0.1) is 16.7 Å². The van der Waals surface area contributed by atoms with Crippen molar-refractivity contribution >= 4 is 0 Å². The second-order valence-electron chi connectivity index (χ2n) is 7.57. The number of piperidine rings is 1. The zero-order valence-electron chi connectivity index (χ0n) is 13.0. The van der Waals surface area contributed by atoms with Crippen LogP contribution >= 0.6 is 0 Å². The van der Waals surface area contributed by atoms with E-state index in [9.17, 15) is 13.2 Å². The highest BCUT2D eigenvalue weighted by atomic mass is 19.4. The van der Waals surface area contributed by atoms with Crippen molar-refractivity contribution in [3.63, 3.8) is 0 Å². The Morgan fingerprint density at radius 1 is 1.05 bits per heavy atom. The average molecular weight is 292 g/mol. The summed E-state index contributed by atoms with van der Waals surface area (Å²) in [4.78, 5) is 1.52. The third kappa shape index (κ3) is 3.30. The summed E-state index contributed by atoms with van der Waals surface area (Å²) in [6.07, 6.45) is -2.42. The quantitative estimate of drug-likeness (QED) is 0.855. The van der Waals surface area contributed by atoms with E-state index in [4.69, 9.17) is 0 Å². The Balaban J connectivity index is 1.69. The summed E-state index contributed by atoms with van der Waals surface area (Å²) in [7, 11) is 0. The second kappa shape index (κ2) is 5.16. The van der Waals surface area contributed by atoms with Crippen LogP contribution < -0.4 is 5.32 Å². The lowest BCUT2D eigenvalue weighted by molar-refractivity contribution is -0.148. The van der Waals surface area contributed by atoms with Crippen molar-refractivity contribution in [1.29, 1.82) is 0 Å². The van der Waals surface area contributed by atoms with Crippen LogP contribution in [0.5, 0.6) is 0 Å². The highest BCUT2D eigenvalue weighted by Gasteiger charge is 2.63. The third-order valence-electron chi connectivity index (χ3n) is 5.92. The van der Waals surface area contributed by atoms with Crippen molar-refractivity contribution in [3.8, 4) is 0 Å². The summed E-state index contributed by atoms with van der Waals surface area (Å²) in [6, 6.07) is 0.381. The molecule has 0 atom stereocenters. The van der Waals surface area contributed by atoms with Gasteiger partial charge in [-0.15, -0.1) is 0 Å². The standard InChI is InChI=1S/C15H27F3N2/c1-13(2)12(14(13,3)4)9-19-11-5-7-20(8-6-11)10-15(16,17)18/h11-12,19H,5-10H2,1-4H3. The minimum atomic E-state index is -4.07. The first-order valence-corrected chi connectivity index (χ1v) is 7.56. The number of halogens is 3. The predicted octanol–water partition coefficient (Wildman–Crippen LogP) is 3.28. The largest absolute Gasteiger partial charge is 0.401 e. The van der Waals surface area contributed by atoms with Gasteiger partial charge in [0.1, 0.15) is 0 Å². The Morgan fingerprint density at radius 2 is 1.55 bits per heavy atom. The molecule has 5 heteroatoms. The van der Waals surface area contributed by atoms with Gasteiger partial charge < -0.3 is 5.32 Å². The number of rotatable bonds is 4. The fourth-order valence-corrected chi connectivity index (χ4v) is 3.68. The fraction of sp³-hybridized carbons (Fsp3) is 1.00. The van der Waals surface area contributed by atoms with E-state index in [-0.39, 0.29) is 0 Å². The van der Waals surface area contributed by atoms with Gasteiger partial charge in [0.05, 0.1) is 6.54 Å². The molecular formula is C15H27F3N2. The van der Waals surface area contributed by atoms with Gasteiger partial charge in [0.2, 0.25) is 0 Å². The van der Waals surface area contributed by atoms with E-state index in [2.05, 4.69) is 33.0 Å². The molecule has 2 aliphatic rings. The van der Waals surface area contributed by atoms with Crippen molar-refractivity contribution in [1.82, 2.24) is 10.2 Å². The van der Waals surface area contributed by atoms with Crippen LogP contribution in [0.3, 0.4) is 0 Å². The van der Waals surface area contributed by atoms with Crippen molar-refractivity contribution in [3.05, 3.63) is 0 Å². The van der Waals surface area contributed by atoms with Gasteiger partial charge in [0.15, 0.2) is 0 Å². The zero-order valence-corrected chi connectivity index (χ0v) is 13.0. The van der Waals surface area contributed by atoms with Crippen LogP contribution in [-0.4, -0.2) is 43.3 Å². The third-order valence-corrected chi connectivity index (χ3v) is 5.92. The van der Waals surface area contributed by atoms with Gasteiger partial charge in [-0.05, 0) is 49.2 Å². The summed E-state index contributed by atoms with van der Waals surface area (Å²) in [5.74, 6) is 0.670. The molecule has 118 valence electrons. The molecular weight excluding hydrogens is 265 g/mol. The van der Waals surface area contributed by atoms with Crippen LogP contribution in [0.15, 0.2) is 0 Å². The molecule has 0 radical (unpaired) electrons. The molecule has 2 fully saturated rings. The summed E-state index contributed by atoms with van der Waals surface area (Å²) < 4.78 is 36.9. The molecule has 0 spiro atoms. The normalized spacial score (nSPS) is 27.8. The van der Waals surface area contributed by atoms with Crippen LogP contribution in [0.1, 0.15) is 40.5 Å². The van der Waals surface area contributed by atoms with Gasteiger partial charge in [-0.1, -0.05) is 27.7 Å². The summed E-state index contributed by atoms with van der Waals surface area (Å²) in [5, 5.41) is 3.57. The molecule has 1 heterocycles. The van der Waals surface area contributed by atoms with E-state index in [0.717, 1.165) is 19.4 Å². The van der Waals surface area contributed by atoms with E-state index in [1.165, 1.54) is 4.90 Å². The molecule has 20 heavy (non-hydrogen) atoms. The summed E-state index contributed by atoms with van der Waals surface area (Å²) in [5.41, 5.74) is 0.744. The van der Waals surface area contributed by atoms with Crippen LogP contribution in [-0.2, 0) is 0 Å². The molecule has 0 bridgehead atoms. The smallest absolute Gasteiger partial charge is 0.314 e. The Morgan fingerprint density at radius 3 is 1.95 bits per heavy atom. The highest BCUT2D eigenvalue weighted by molar-refractivity contribution is 5.13. The summed E-state index contributed by atoms with van der Waals surface area (Å²) >= 11 is 0. The lowest BCUT2D eigenvalue weighted by Gasteiger charge is -2.33. The predicted molar refractivity (Wildman–Crippen MR) is 74.6 cm³/mol. The number of hydrogen-bond acceptors (Lipinski definition) is 2. The van der Waals surface area contributed by atoms with Crippen molar-refractivity contribution in [2.75, 3.05) is 26.2 Å². The van der Waals surface area contributed by atoms with Gasteiger partial charge in [-0.3, -0.25) is 4.90 Å². The number of nitrogens with zero attached hydrogens (tertiary/aromatic N) is 1. The Kier molecular flexibility index (Phi) is 4.15. The Bertz CT molecular complexity index is 328. The average Bonchev–Trinajstić information content (AvgIpc) is 2.67. The van der Waals surface area contributed by atoms with Crippen LogP contribution in [0.25, 0.3) is 0 Å². The van der Waals surface area contributed by atoms with E-state index < -0.39 is 12.7 Å². The topological polar surface area (TPSA) is 15.3 Å². The second-order valence-corrected chi connectivity index (χ2v) is 7.57. The summed E-state index contributed by atoms with van der Waals surface area (Å²) in [6.45, 7) is 10.5. The molecule has 1 saturated heterocycles. The minimum absolute atomic E-state index is 0.372. The van der Waals surface area contributed by atoms with E-state index in [0.29, 0.717) is 35.9 Å². The molecule has 1 N–H and O–H groups in total. The molecule has 0 aromatic heterocycles.